The van der Waals surface area contributed by atoms with Crippen LogP contribution in [-0.2, 0) is 14.9 Å². The number of hydrogen-bond acceptors (Lipinski definition) is 3. The van der Waals surface area contributed by atoms with E-state index in [0.29, 0.717) is 26.4 Å². The molecule has 2 rings (SSSR count). The molecule has 0 unspecified atom stereocenters. The first-order valence-corrected chi connectivity index (χ1v) is 8.25. The summed E-state index contributed by atoms with van der Waals surface area (Å²) >= 11 is 0. The van der Waals surface area contributed by atoms with E-state index in [0.717, 1.165) is 12.8 Å². The summed E-state index contributed by atoms with van der Waals surface area (Å²) in [7, 11) is 1.64. The van der Waals surface area contributed by atoms with E-state index in [1.54, 1.807) is 7.11 Å². The molecule has 0 bridgehead atoms. The third-order valence-corrected chi connectivity index (χ3v) is 4.39. The molecule has 0 fully saturated rings. The minimum atomic E-state index is -0.139. The molecule has 1 aliphatic rings. The molecule has 1 aliphatic carbocycles. The number of ether oxygens (including phenoxy) is 2. The van der Waals surface area contributed by atoms with Gasteiger partial charge in [-0.15, -0.1) is 0 Å². The lowest BCUT2D eigenvalue weighted by Gasteiger charge is -2.37. The number of methoxy groups -OCH3 is 1. The second-order valence-electron chi connectivity index (χ2n) is 6.57. The summed E-state index contributed by atoms with van der Waals surface area (Å²) in [4.78, 5) is 12.1. The van der Waals surface area contributed by atoms with Gasteiger partial charge in [-0.05, 0) is 29.4 Å². The molecule has 0 heterocycles. The van der Waals surface area contributed by atoms with Crippen LogP contribution >= 0.6 is 0 Å². The number of amides is 2. The maximum Gasteiger partial charge on any atom is 0.315 e. The molecule has 1 aromatic rings. The van der Waals surface area contributed by atoms with Crippen molar-refractivity contribution in [2.45, 2.75) is 38.1 Å². The molecule has 23 heavy (non-hydrogen) atoms. The van der Waals surface area contributed by atoms with Crippen LogP contribution in [0.15, 0.2) is 24.3 Å². The van der Waals surface area contributed by atoms with Crippen molar-refractivity contribution < 1.29 is 14.3 Å². The maximum atomic E-state index is 12.1. The summed E-state index contributed by atoms with van der Waals surface area (Å²) in [5, 5.41) is 5.93. The highest BCUT2D eigenvalue weighted by Gasteiger charge is 2.32. The Balaban J connectivity index is 1.83. The van der Waals surface area contributed by atoms with E-state index in [1.807, 2.05) is 6.07 Å². The number of fused-ring (bicyclic) bond motifs is 1. The summed E-state index contributed by atoms with van der Waals surface area (Å²) in [5.41, 5.74) is 2.73. The molecule has 0 saturated heterocycles. The van der Waals surface area contributed by atoms with Gasteiger partial charge in [0, 0.05) is 13.7 Å². The van der Waals surface area contributed by atoms with E-state index in [4.69, 9.17) is 9.47 Å². The normalized spacial score (nSPS) is 19.0. The molecule has 1 atom stereocenters. The zero-order valence-corrected chi connectivity index (χ0v) is 14.4. The fraction of sp³-hybridized carbons (Fsp3) is 0.611. The fourth-order valence-electron chi connectivity index (χ4n) is 3.05. The van der Waals surface area contributed by atoms with Crippen molar-refractivity contribution in [3.05, 3.63) is 35.4 Å². The molecule has 0 spiro atoms. The van der Waals surface area contributed by atoms with Crippen LogP contribution < -0.4 is 10.6 Å². The van der Waals surface area contributed by atoms with Crippen LogP contribution in [0.25, 0.3) is 0 Å². The SMILES string of the molecule is COCCOCCNC(=O)N[C@H]1CCC(C)(C)c2ccccc21. The second kappa shape index (κ2) is 8.31. The Hall–Kier alpha value is -1.59. The molecular formula is C18H28N2O3. The lowest BCUT2D eigenvalue weighted by atomic mass is 9.71. The van der Waals surface area contributed by atoms with Crippen LogP contribution in [0, 0.1) is 0 Å². The van der Waals surface area contributed by atoms with Crippen LogP contribution in [0.4, 0.5) is 4.79 Å². The lowest BCUT2D eigenvalue weighted by Crippen LogP contribution is -2.42. The van der Waals surface area contributed by atoms with Gasteiger partial charge in [-0.3, -0.25) is 0 Å². The van der Waals surface area contributed by atoms with E-state index in [9.17, 15) is 4.79 Å². The molecule has 1 aromatic carbocycles. The van der Waals surface area contributed by atoms with Crippen molar-refractivity contribution >= 4 is 6.03 Å². The van der Waals surface area contributed by atoms with Gasteiger partial charge in [-0.2, -0.15) is 0 Å². The third kappa shape index (κ3) is 4.94. The largest absolute Gasteiger partial charge is 0.382 e. The van der Waals surface area contributed by atoms with Crippen molar-refractivity contribution in [1.82, 2.24) is 10.6 Å². The topological polar surface area (TPSA) is 59.6 Å². The summed E-state index contributed by atoms with van der Waals surface area (Å²) in [6.07, 6.45) is 2.02. The monoisotopic (exact) mass is 320 g/mol. The van der Waals surface area contributed by atoms with Gasteiger partial charge in [0.1, 0.15) is 0 Å². The predicted octanol–water partition coefficient (Wildman–Crippen LogP) is 2.76. The first kappa shape index (κ1) is 17.8. The van der Waals surface area contributed by atoms with Gasteiger partial charge in [-0.1, -0.05) is 38.1 Å². The summed E-state index contributed by atoms with van der Waals surface area (Å²) < 4.78 is 10.2. The number of carbonyl (C=O) groups excluding carboxylic acids is 1. The van der Waals surface area contributed by atoms with E-state index in [-0.39, 0.29) is 17.5 Å². The molecule has 0 aliphatic heterocycles. The third-order valence-electron chi connectivity index (χ3n) is 4.39. The Bertz CT molecular complexity index is 517. The van der Waals surface area contributed by atoms with Crippen molar-refractivity contribution in [2.24, 2.45) is 0 Å². The Labute approximate surface area is 138 Å². The minimum Gasteiger partial charge on any atom is -0.382 e. The van der Waals surface area contributed by atoms with Gasteiger partial charge in [-0.25, -0.2) is 4.79 Å². The molecule has 5 heteroatoms. The van der Waals surface area contributed by atoms with Gasteiger partial charge < -0.3 is 20.1 Å². The lowest BCUT2D eigenvalue weighted by molar-refractivity contribution is 0.0726. The molecule has 5 nitrogen and oxygen atoms in total. The number of benzene rings is 1. The summed E-state index contributed by atoms with van der Waals surface area (Å²) in [6, 6.07) is 8.34. The molecule has 128 valence electrons. The highest BCUT2D eigenvalue weighted by Crippen LogP contribution is 2.41. The van der Waals surface area contributed by atoms with Crippen molar-refractivity contribution in [3.63, 3.8) is 0 Å². The van der Waals surface area contributed by atoms with Gasteiger partial charge in [0.2, 0.25) is 0 Å². The van der Waals surface area contributed by atoms with Crippen LogP contribution in [0.5, 0.6) is 0 Å². The van der Waals surface area contributed by atoms with Gasteiger partial charge >= 0.3 is 6.03 Å². The minimum absolute atomic E-state index is 0.0774. The number of carbonyl (C=O) groups is 1. The van der Waals surface area contributed by atoms with Gasteiger partial charge in [0.25, 0.3) is 0 Å². The van der Waals surface area contributed by atoms with Crippen LogP contribution in [-0.4, -0.2) is 39.5 Å². The zero-order valence-electron chi connectivity index (χ0n) is 14.4. The van der Waals surface area contributed by atoms with Crippen LogP contribution in [0.1, 0.15) is 43.9 Å². The number of urea groups is 1. The molecule has 2 N–H and O–H groups in total. The number of rotatable bonds is 7. The van der Waals surface area contributed by atoms with E-state index in [2.05, 4.69) is 42.7 Å². The Morgan fingerprint density at radius 3 is 2.83 bits per heavy atom. The van der Waals surface area contributed by atoms with Crippen LogP contribution in [0.3, 0.4) is 0 Å². The quantitative estimate of drug-likeness (QED) is 0.760. The van der Waals surface area contributed by atoms with Crippen LogP contribution in [0.2, 0.25) is 0 Å². The molecule has 0 saturated carbocycles. The maximum absolute atomic E-state index is 12.1. The standard InChI is InChI=1S/C18H28N2O3/c1-18(2)9-8-16(14-6-4-5-7-15(14)18)20-17(21)19-10-11-23-13-12-22-3/h4-7,16H,8-13H2,1-3H3,(H2,19,20,21)/t16-/m0/s1. The first-order chi connectivity index (χ1) is 11.0. The van der Waals surface area contributed by atoms with Crippen molar-refractivity contribution in [1.29, 1.82) is 0 Å². The highest BCUT2D eigenvalue weighted by atomic mass is 16.5. The molecule has 0 aromatic heterocycles. The smallest absolute Gasteiger partial charge is 0.315 e. The summed E-state index contributed by atoms with van der Waals surface area (Å²) in [6.45, 7) is 6.63. The molecular weight excluding hydrogens is 292 g/mol. The Morgan fingerprint density at radius 2 is 2.04 bits per heavy atom. The zero-order chi connectivity index (χ0) is 16.7. The Kier molecular flexibility index (Phi) is 6.42. The van der Waals surface area contributed by atoms with Gasteiger partial charge in [0.05, 0.1) is 25.9 Å². The predicted molar refractivity (Wildman–Crippen MR) is 90.7 cm³/mol. The first-order valence-electron chi connectivity index (χ1n) is 8.25. The van der Waals surface area contributed by atoms with E-state index >= 15 is 0 Å². The Morgan fingerprint density at radius 1 is 1.26 bits per heavy atom. The second-order valence-corrected chi connectivity index (χ2v) is 6.57. The van der Waals surface area contributed by atoms with E-state index in [1.165, 1.54) is 11.1 Å². The number of nitrogens with one attached hydrogen (secondary N) is 2. The van der Waals surface area contributed by atoms with Gasteiger partial charge in [0.15, 0.2) is 0 Å². The highest BCUT2D eigenvalue weighted by molar-refractivity contribution is 5.74. The number of hydrogen-bond donors (Lipinski definition) is 2. The molecule has 0 radical (unpaired) electrons. The molecule has 2 amide bonds. The summed E-state index contributed by atoms with van der Waals surface area (Å²) in [5.74, 6) is 0. The van der Waals surface area contributed by atoms with Crippen molar-refractivity contribution in [2.75, 3.05) is 33.5 Å². The van der Waals surface area contributed by atoms with E-state index < -0.39 is 0 Å². The average Bonchev–Trinajstić information content (AvgIpc) is 2.54. The average molecular weight is 320 g/mol. The van der Waals surface area contributed by atoms with Crippen molar-refractivity contribution in [3.8, 4) is 0 Å². The fourth-order valence-corrected chi connectivity index (χ4v) is 3.05.